The minimum absolute atomic E-state index is 0.0387. The lowest BCUT2D eigenvalue weighted by molar-refractivity contribution is -0.383. The third kappa shape index (κ3) is 4.13. The highest BCUT2D eigenvalue weighted by Gasteiger charge is 2.30. The van der Waals surface area contributed by atoms with Crippen LogP contribution < -0.4 is 15.8 Å². The Hall–Kier alpha value is -3.23. The molecule has 2 N–H and O–H groups in total. The molecule has 1 aromatic carbocycles. The van der Waals surface area contributed by atoms with Gasteiger partial charge < -0.3 is 4.90 Å². The molecule has 0 saturated carbocycles. The molecule has 1 fully saturated rings. The smallest absolute Gasteiger partial charge is 0.348 e. The molecule has 0 bridgehead atoms. The standard InChI is InChI=1S/C18H22N6O3/c1-12-6-8-14(9-7-12)18(25)22-21-16-15(24(26)27)17(20-11-19-16)23-10-4-3-5-13(23)2/h6-9,11,13H,3-5,10H2,1-2H3,(H,22,25)(H,19,20,21). The van der Waals surface area contributed by atoms with Gasteiger partial charge in [-0.2, -0.15) is 0 Å². The lowest BCUT2D eigenvalue weighted by Gasteiger charge is -2.33. The Bertz CT molecular complexity index is 839. The van der Waals surface area contributed by atoms with Crippen LogP contribution in [0.3, 0.4) is 0 Å². The molecule has 2 aromatic rings. The van der Waals surface area contributed by atoms with E-state index in [4.69, 9.17) is 0 Å². The van der Waals surface area contributed by atoms with Gasteiger partial charge in [-0.3, -0.25) is 25.8 Å². The van der Waals surface area contributed by atoms with Crippen LogP contribution in [0.1, 0.15) is 42.1 Å². The number of piperidine rings is 1. The van der Waals surface area contributed by atoms with Gasteiger partial charge in [-0.05, 0) is 45.2 Å². The molecule has 0 spiro atoms. The Balaban J connectivity index is 1.82. The molecule has 9 nitrogen and oxygen atoms in total. The van der Waals surface area contributed by atoms with Gasteiger partial charge in [0.05, 0.1) is 4.92 Å². The van der Waals surface area contributed by atoms with Crippen LogP contribution in [0.15, 0.2) is 30.6 Å². The van der Waals surface area contributed by atoms with E-state index in [1.165, 1.54) is 6.33 Å². The second-order valence-corrected chi connectivity index (χ2v) is 6.63. The number of carbonyl (C=O) groups excluding carboxylic acids is 1. The zero-order chi connectivity index (χ0) is 19.4. The molecule has 2 heterocycles. The highest BCUT2D eigenvalue weighted by molar-refractivity contribution is 5.95. The monoisotopic (exact) mass is 370 g/mol. The fourth-order valence-electron chi connectivity index (χ4n) is 3.15. The molecule has 0 radical (unpaired) electrons. The quantitative estimate of drug-likeness (QED) is 0.614. The van der Waals surface area contributed by atoms with Crippen molar-refractivity contribution in [1.29, 1.82) is 0 Å². The number of aromatic nitrogens is 2. The molecular formula is C18H22N6O3. The Morgan fingerprint density at radius 2 is 2.00 bits per heavy atom. The molecule has 3 rings (SSSR count). The van der Waals surface area contributed by atoms with Gasteiger partial charge in [-0.15, -0.1) is 0 Å². The van der Waals surface area contributed by atoms with E-state index >= 15 is 0 Å². The van der Waals surface area contributed by atoms with E-state index in [1.54, 1.807) is 12.1 Å². The SMILES string of the molecule is Cc1ccc(C(=O)NNc2ncnc(N3CCCCC3C)c2[N+](=O)[O-])cc1. The average Bonchev–Trinajstić information content (AvgIpc) is 2.66. The first-order valence-corrected chi connectivity index (χ1v) is 8.86. The topological polar surface area (TPSA) is 113 Å². The highest BCUT2D eigenvalue weighted by Crippen LogP contribution is 2.34. The highest BCUT2D eigenvalue weighted by atomic mass is 16.6. The van der Waals surface area contributed by atoms with Crippen molar-refractivity contribution in [2.75, 3.05) is 16.9 Å². The van der Waals surface area contributed by atoms with Crippen LogP contribution >= 0.6 is 0 Å². The van der Waals surface area contributed by atoms with Crippen molar-refractivity contribution < 1.29 is 9.72 Å². The first-order chi connectivity index (χ1) is 13.0. The largest absolute Gasteiger partial charge is 0.355 e. The minimum Gasteiger partial charge on any atom is -0.348 e. The number of hydrazine groups is 1. The zero-order valence-electron chi connectivity index (χ0n) is 15.3. The number of carbonyl (C=O) groups is 1. The van der Waals surface area contributed by atoms with Crippen LogP contribution in [0.5, 0.6) is 0 Å². The third-order valence-corrected chi connectivity index (χ3v) is 4.67. The molecule has 0 aliphatic carbocycles. The van der Waals surface area contributed by atoms with Crippen molar-refractivity contribution in [1.82, 2.24) is 15.4 Å². The molecule has 142 valence electrons. The predicted molar refractivity (Wildman–Crippen MR) is 102 cm³/mol. The summed E-state index contributed by atoms with van der Waals surface area (Å²) < 4.78 is 0. The summed E-state index contributed by atoms with van der Waals surface area (Å²) in [6.45, 7) is 4.65. The number of benzene rings is 1. The molecule has 1 atom stereocenters. The number of hydrogen-bond donors (Lipinski definition) is 2. The van der Waals surface area contributed by atoms with Gasteiger partial charge in [0.2, 0.25) is 11.6 Å². The zero-order valence-corrected chi connectivity index (χ0v) is 15.3. The number of anilines is 2. The molecule has 1 aromatic heterocycles. The Kier molecular flexibility index (Phi) is 5.49. The van der Waals surface area contributed by atoms with Gasteiger partial charge in [-0.25, -0.2) is 9.97 Å². The fourth-order valence-corrected chi connectivity index (χ4v) is 3.15. The maximum Gasteiger partial charge on any atom is 0.355 e. The minimum atomic E-state index is -0.517. The summed E-state index contributed by atoms with van der Waals surface area (Å²) in [6, 6.07) is 7.15. The fraction of sp³-hybridized carbons (Fsp3) is 0.389. The number of rotatable bonds is 5. The van der Waals surface area contributed by atoms with Crippen LogP contribution in [0.4, 0.5) is 17.3 Å². The summed E-state index contributed by atoms with van der Waals surface area (Å²) in [5, 5.41) is 11.7. The third-order valence-electron chi connectivity index (χ3n) is 4.67. The van der Waals surface area contributed by atoms with Gasteiger partial charge in [0.1, 0.15) is 6.33 Å². The molecule has 1 unspecified atom stereocenters. The van der Waals surface area contributed by atoms with Gasteiger partial charge in [0, 0.05) is 18.2 Å². The number of amides is 1. The summed E-state index contributed by atoms with van der Waals surface area (Å²) in [5.74, 6) is -0.173. The lowest BCUT2D eigenvalue weighted by Crippen LogP contribution is -2.38. The van der Waals surface area contributed by atoms with E-state index in [1.807, 2.05) is 30.9 Å². The lowest BCUT2D eigenvalue weighted by atomic mass is 10.0. The number of hydrogen-bond acceptors (Lipinski definition) is 7. The number of nitrogens with one attached hydrogen (secondary N) is 2. The molecule has 1 aliphatic rings. The number of aryl methyl sites for hydroxylation is 1. The summed E-state index contributed by atoms with van der Waals surface area (Å²) in [5.41, 5.74) is 6.28. The van der Waals surface area contributed by atoms with Crippen LogP contribution in [0, 0.1) is 17.0 Å². The molecule has 9 heteroatoms. The second-order valence-electron chi connectivity index (χ2n) is 6.63. The van der Waals surface area contributed by atoms with E-state index in [-0.39, 0.29) is 23.4 Å². The van der Waals surface area contributed by atoms with E-state index in [9.17, 15) is 14.9 Å². The molecule has 1 amide bonds. The average molecular weight is 370 g/mol. The maximum atomic E-state index is 12.3. The summed E-state index contributed by atoms with van der Waals surface area (Å²) in [6.07, 6.45) is 4.27. The molecule has 27 heavy (non-hydrogen) atoms. The maximum absolute atomic E-state index is 12.3. The first-order valence-electron chi connectivity index (χ1n) is 8.86. The van der Waals surface area contributed by atoms with E-state index in [0.29, 0.717) is 12.1 Å². The van der Waals surface area contributed by atoms with Crippen molar-refractivity contribution in [2.24, 2.45) is 0 Å². The van der Waals surface area contributed by atoms with Crippen LogP contribution in [0.25, 0.3) is 0 Å². The molecular weight excluding hydrogens is 348 g/mol. The van der Waals surface area contributed by atoms with Crippen molar-refractivity contribution >= 4 is 23.2 Å². The predicted octanol–water partition coefficient (Wildman–Crippen LogP) is 2.83. The normalized spacial score (nSPS) is 16.7. The summed E-state index contributed by atoms with van der Waals surface area (Å²) in [4.78, 5) is 33.5. The van der Waals surface area contributed by atoms with Crippen LogP contribution in [-0.4, -0.2) is 33.4 Å². The number of nitro groups is 1. The Labute approximate surface area is 156 Å². The van der Waals surface area contributed by atoms with Crippen molar-refractivity contribution in [3.63, 3.8) is 0 Å². The van der Waals surface area contributed by atoms with Crippen molar-refractivity contribution in [3.05, 3.63) is 51.8 Å². The van der Waals surface area contributed by atoms with Crippen LogP contribution in [-0.2, 0) is 0 Å². The first kappa shape index (κ1) is 18.6. The second kappa shape index (κ2) is 7.98. The molecule has 1 aliphatic heterocycles. The van der Waals surface area contributed by atoms with Gasteiger partial charge in [0.25, 0.3) is 5.91 Å². The van der Waals surface area contributed by atoms with Gasteiger partial charge in [-0.1, -0.05) is 17.7 Å². The summed E-state index contributed by atoms with van der Waals surface area (Å²) in [7, 11) is 0. The Morgan fingerprint density at radius 3 is 2.67 bits per heavy atom. The molecule has 1 saturated heterocycles. The number of nitrogens with zero attached hydrogens (tertiary/aromatic N) is 4. The van der Waals surface area contributed by atoms with Crippen molar-refractivity contribution in [3.8, 4) is 0 Å². The van der Waals surface area contributed by atoms with E-state index < -0.39 is 10.8 Å². The summed E-state index contributed by atoms with van der Waals surface area (Å²) >= 11 is 0. The Morgan fingerprint density at radius 1 is 1.26 bits per heavy atom. The van der Waals surface area contributed by atoms with Crippen molar-refractivity contribution in [2.45, 2.75) is 39.2 Å². The van der Waals surface area contributed by atoms with Gasteiger partial charge in [0.15, 0.2) is 0 Å². The van der Waals surface area contributed by atoms with Crippen LogP contribution in [0.2, 0.25) is 0 Å². The van der Waals surface area contributed by atoms with E-state index in [0.717, 1.165) is 24.8 Å². The van der Waals surface area contributed by atoms with Gasteiger partial charge >= 0.3 is 5.69 Å². The van der Waals surface area contributed by atoms with E-state index in [2.05, 4.69) is 20.8 Å².